The number of rotatable bonds is 25. The minimum absolute atomic E-state index is 0.00589. The molecule has 10 nitrogen and oxygen atoms in total. The van der Waals surface area contributed by atoms with E-state index in [-0.39, 0.29) is 38.4 Å². The molecule has 190 valence electrons. The van der Waals surface area contributed by atoms with Gasteiger partial charge in [-0.15, -0.1) is 0 Å². The Balaban J connectivity index is 3.25. The molecule has 0 rings (SSSR count). The van der Waals surface area contributed by atoms with Crippen LogP contribution in [0.3, 0.4) is 0 Å². The van der Waals surface area contributed by atoms with Gasteiger partial charge in [-0.2, -0.15) is 0 Å². The van der Waals surface area contributed by atoms with E-state index in [4.69, 9.17) is 38.6 Å². The first-order valence-corrected chi connectivity index (χ1v) is 11.5. The minimum Gasteiger partial charge on any atom is -0.463 e. The molecule has 0 spiro atoms. The van der Waals surface area contributed by atoms with Crippen LogP contribution in [0.5, 0.6) is 0 Å². The molecule has 0 saturated carbocycles. The molecule has 0 saturated heterocycles. The summed E-state index contributed by atoms with van der Waals surface area (Å²) in [6, 6.07) is 0. The predicted molar refractivity (Wildman–Crippen MR) is 116 cm³/mol. The summed E-state index contributed by atoms with van der Waals surface area (Å²) in [5, 5.41) is 17.1. The number of carbonyl (C=O) groups is 2. The van der Waals surface area contributed by atoms with Gasteiger partial charge in [-0.05, 0) is 12.8 Å². The third-order valence-corrected chi connectivity index (χ3v) is 4.21. The smallest absolute Gasteiger partial charge is 0.305 e. The Bertz CT molecular complexity index is 382. The van der Waals surface area contributed by atoms with E-state index in [1.807, 2.05) is 0 Å². The van der Waals surface area contributed by atoms with Crippen molar-refractivity contribution in [3.8, 4) is 0 Å². The highest BCUT2D eigenvalue weighted by molar-refractivity contribution is 5.69. The van der Waals surface area contributed by atoms with E-state index in [0.717, 1.165) is 38.5 Å². The molecule has 0 aromatic carbocycles. The van der Waals surface area contributed by atoms with Gasteiger partial charge in [-0.1, -0.05) is 25.7 Å². The van der Waals surface area contributed by atoms with Crippen molar-refractivity contribution in [1.29, 1.82) is 0 Å². The normalized spacial score (nSPS) is 10.9. The van der Waals surface area contributed by atoms with Gasteiger partial charge in [0.05, 0.1) is 66.1 Å². The summed E-state index contributed by atoms with van der Waals surface area (Å²) in [6.07, 6.45) is 6.35. The van der Waals surface area contributed by atoms with E-state index in [1.54, 1.807) is 0 Å². The molecule has 0 aliphatic rings. The number of aliphatic hydroxyl groups is 2. The van der Waals surface area contributed by atoms with Crippen LogP contribution in [-0.2, 0) is 38.0 Å². The molecule has 0 aliphatic carbocycles. The molecule has 0 aromatic rings. The van der Waals surface area contributed by atoms with Gasteiger partial charge in [0.25, 0.3) is 0 Å². The number of aliphatic hydroxyl groups excluding tert-OH is 2. The lowest BCUT2D eigenvalue weighted by molar-refractivity contribution is -0.146. The molecule has 0 unspecified atom stereocenters. The standard InChI is InChI=1S/C22H42O10/c23-9-11-27-13-15-29-17-19-31-21(25)7-5-3-1-2-4-6-8-22(26)32-20-18-30-16-14-28-12-10-24/h23-24H,1-20H2. The van der Waals surface area contributed by atoms with E-state index in [9.17, 15) is 9.59 Å². The molecule has 2 N–H and O–H groups in total. The van der Waals surface area contributed by atoms with E-state index in [2.05, 4.69) is 0 Å². The van der Waals surface area contributed by atoms with Crippen LogP contribution in [0.1, 0.15) is 51.4 Å². The van der Waals surface area contributed by atoms with Crippen molar-refractivity contribution >= 4 is 11.9 Å². The number of unbranched alkanes of at least 4 members (excludes halogenated alkanes) is 5. The van der Waals surface area contributed by atoms with Crippen LogP contribution in [-0.4, -0.2) is 101 Å². The van der Waals surface area contributed by atoms with E-state index >= 15 is 0 Å². The van der Waals surface area contributed by atoms with Crippen LogP contribution in [0.15, 0.2) is 0 Å². The van der Waals surface area contributed by atoms with Crippen molar-refractivity contribution in [2.24, 2.45) is 0 Å². The monoisotopic (exact) mass is 466 g/mol. The Morgan fingerprint density at radius 3 is 1.12 bits per heavy atom. The summed E-state index contributed by atoms with van der Waals surface area (Å²) in [4.78, 5) is 23.2. The van der Waals surface area contributed by atoms with Crippen molar-refractivity contribution in [2.45, 2.75) is 51.4 Å². The molecule has 0 bridgehead atoms. The third-order valence-electron chi connectivity index (χ3n) is 4.21. The Hall–Kier alpha value is -1.30. The summed E-state index contributed by atoms with van der Waals surface area (Å²) in [7, 11) is 0. The van der Waals surface area contributed by atoms with Gasteiger partial charge in [0.2, 0.25) is 0 Å². The Kier molecular flexibility index (Phi) is 24.9. The van der Waals surface area contributed by atoms with Crippen molar-refractivity contribution < 1.29 is 48.2 Å². The van der Waals surface area contributed by atoms with Gasteiger partial charge >= 0.3 is 11.9 Å². The summed E-state index contributed by atoms with van der Waals surface area (Å²) in [5.74, 6) is -0.427. The summed E-state index contributed by atoms with van der Waals surface area (Å²) >= 11 is 0. The van der Waals surface area contributed by atoms with Gasteiger partial charge in [0.1, 0.15) is 13.2 Å². The van der Waals surface area contributed by atoms with Crippen LogP contribution >= 0.6 is 0 Å². The maximum Gasteiger partial charge on any atom is 0.305 e. The first-order chi connectivity index (χ1) is 15.7. The molecule has 0 atom stereocenters. The van der Waals surface area contributed by atoms with Gasteiger partial charge in [-0.3, -0.25) is 9.59 Å². The topological polar surface area (TPSA) is 130 Å². The highest BCUT2D eigenvalue weighted by Gasteiger charge is 2.04. The zero-order valence-electron chi connectivity index (χ0n) is 19.3. The van der Waals surface area contributed by atoms with Gasteiger partial charge in [0, 0.05) is 12.8 Å². The van der Waals surface area contributed by atoms with E-state index in [1.165, 1.54) is 0 Å². The van der Waals surface area contributed by atoms with Crippen LogP contribution in [0.25, 0.3) is 0 Å². The summed E-state index contributed by atoms with van der Waals surface area (Å²) in [5.41, 5.74) is 0. The predicted octanol–water partition coefficient (Wildman–Crippen LogP) is 1.24. The van der Waals surface area contributed by atoms with E-state index < -0.39 is 0 Å². The lowest BCUT2D eigenvalue weighted by Gasteiger charge is -2.07. The first-order valence-electron chi connectivity index (χ1n) is 11.5. The maximum absolute atomic E-state index is 11.6. The van der Waals surface area contributed by atoms with Crippen molar-refractivity contribution in [3.05, 3.63) is 0 Å². The second-order valence-electron chi connectivity index (χ2n) is 6.96. The molecule has 0 radical (unpaired) electrons. The average Bonchev–Trinajstić information content (AvgIpc) is 2.79. The van der Waals surface area contributed by atoms with E-state index in [0.29, 0.717) is 65.7 Å². The van der Waals surface area contributed by atoms with Crippen LogP contribution in [0, 0.1) is 0 Å². The fourth-order valence-corrected chi connectivity index (χ4v) is 2.59. The molecule has 0 amide bonds. The lowest BCUT2D eigenvalue weighted by atomic mass is 10.1. The van der Waals surface area contributed by atoms with Gasteiger partial charge < -0.3 is 38.6 Å². The molecule has 32 heavy (non-hydrogen) atoms. The van der Waals surface area contributed by atoms with Crippen LogP contribution < -0.4 is 0 Å². The van der Waals surface area contributed by atoms with Crippen molar-refractivity contribution in [2.75, 3.05) is 79.3 Å². The van der Waals surface area contributed by atoms with Gasteiger partial charge in [-0.25, -0.2) is 0 Å². The van der Waals surface area contributed by atoms with Crippen LogP contribution in [0.4, 0.5) is 0 Å². The van der Waals surface area contributed by atoms with Crippen molar-refractivity contribution in [1.82, 2.24) is 0 Å². The number of ether oxygens (including phenoxy) is 6. The molecule has 0 heterocycles. The number of hydrogen-bond donors (Lipinski definition) is 2. The highest BCUT2D eigenvalue weighted by atomic mass is 16.6. The molecule has 0 aliphatic heterocycles. The fraction of sp³-hybridized carbons (Fsp3) is 0.909. The SMILES string of the molecule is O=C(CCCCCCCCC(=O)OCCOCCOCCO)OCCOCCOCCO. The number of esters is 2. The molecule has 10 heteroatoms. The second kappa shape index (κ2) is 26.0. The zero-order valence-corrected chi connectivity index (χ0v) is 19.3. The largest absolute Gasteiger partial charge is 0.463 e. The average molecular weight is 467 g/mol. The Morgan fingerprint density at radius 1 is 0.438 bits per heavy atom. The molecule has 0 fully saturated rings. The van der Waals surface area contributed by atoms with Gasteiger partial charge in [0.15, 0.2) is 0 Å². The fourth-order valence-electron chi connectivity index (χ4n) is 2.59. The van der Waals surface area contributed by atoms with Crippen molar-refractivity contribution in [3.63, 3.8) is 0 Å². The zero-order chi connectivity index (χ0) is 23.5. The first kappa shape index (κ1) is 30.7. The minimum atomic E-state index is -0.213. The summed E-state index contributed by atoms with van der Waals surface area (Å²) < 4.78 is 30.7. The quantitative estimate of drug-likeness (QED) is 0.150. The van der Waals surface area contributed by atoms with Crippen LogP contribution in [0.2, 0.25) is 0 Å². The summed E-state index contributed by atoms with van der Waals surface area (Å²) in [6.45, 7) is 3.37. The number of carbonyl (C=O) groups excluding carboxylic acids is 2. The Morgan fingerprint density at radius 2 is 0.750 bits per heavy atom. The maximum atomic E-state index is 11.6. The number of hydrogen-bond acceptors (Lipinski definition) is 10. The lowest BCUT2D eigenvalue weighted by Crippen LogP contribution is -2.13. The molecule has 0 aromatic heterocycles. The second-order valence-corrected chi connectivity index (χ2v) is 6.96. The Labute approximate surface area is 191 Å². The molecular formula is C22H42O10. The molecular weight excluding hydrogens is 424 g/mol. The highest BCUT2D eigenvalue weighted by Crippen LogP contribution is 2.09. The third kappa shape index (κ3) is 25.0.